The number of sulfonamides is 1. The van der Waals surface area contributed by atoms with Crippen molar-refractivity contribution >= 4 is 26.0 Å². The van der Waals surface area contributed by atoms with Gasteiger partial charge in [0.2, 0.25) is 10.0 Å². The second kappa shape index (κ2) is 3.56. The van der Waals surface area contributed by atoms with Crippen molar-refractivity contribution in [1.29, 1.82) is 0 Å². The Bertz CT molecular complexity index is 423. The molecule has 2 heterocycles. The summed E-state index contributed by atoms with van der Waals surface area (Å²) in [6, 6.07) is 0. The number of fused-ring (bicyclic) bond motifs is 1. The highest BCUT2D eigenvalue weighted by atomic mass is 79.9. The smallest absolute Gasteiger partial charge is 0.224 e. The second-order valence-electron chi connectivity index (χ2n) is 2.98. The van der Waals surface area contributed by atoms with Crippen LogP contribution in [0.3, 0.4) is 0 Å². The van der Waals surface area contributed by atoms with Crippen molar-refractivity contribution in [2.24, 2.45) is 0 Å². The minimum absolute atomic E-state index is 0.0541. The van der Waals surface area contributed by atoms with Crippen LogP contribution >= 0.6 is 15.9 Å². The molecule has 2 rings (SSSR count). The lowest BCUT2D eigenvalue weighted by molar-refractivity contribution is 0.433. The quantitative estimate of drug-likeness (QED) is 0.738. The Balaban J connectivity index is 2.28. The highest BCUT2D eigenvalue weighted by Crippen LogP contribution is 2.23. The van der Waals surface area contributed by atoms with E-state index in [1.807, 2.05) is 0 Å². The monoisotopic (exact) mass is 277 g/mol. The van der Waals surface area contributed by atoms with Gasteiger partial charge in [-0.05, 0) is 0 Å². The Labute approximate surface area is 90.3 Å². The average molecular weight is 278 g/mol. The summed E-state index contributed by atoms with van der Waals surface area (Å²) in [6.45, 7) is 0.732. The van der Waals surface area contributed by atoms with Crippen LogP contribution in [0.1, 0.15) is 11.3 Å². The van der Waals surface area contributed by atoms with Crippen molar-refractivity contribution in [1.82, 2.24) is 14.3 Å². The predicted molar refractivity (Wildman–Crippen MR) is 54.0 cm³/mol. The predicted octanol–water partition coefficient (Wildman–Crippen LogP) is 0.474. The van der Waals surface area contributed by atoms with Crippen LogP contribution in [0.15, 0.2) is 12.5 Å². The molecule has 0 saturated heterocycles. The van der Waals surface area contributed by atoms with E-state index in [4.69, 9.17) is 0 Å². The standard InChI is InChI=1S/C7H8BrN3O2S/c8-4-14(12,13)11-2-6-1-9-5-10-7(6)3-11/h1,5H,2-4H2. The average Bonchev–Trinajstić information content (AvgIpc) is 2.61. The van der Waals surface area contributed by atoms with Crippen molar-refractivity contribution in [3.8, 4) is 0 Å². The summed E-state index contributed by atoms with van der Waals surface area (Å²) in [4.78, 5) is 7.88. The third-order valence-corrected chi connectivity index (χ3v) is 5.14. The number of rotatable bonds is 2. The van der Waals surface area contributed by atoms with Gasteiger partial charge in [0.05, 0.1) is 12.2 Å². The first-order valence-electron chi connectivity index (χ1n) is 3.95. The fourth-order valence-corrected chi connectivity index (χ4v) is 3.00. The van der Waals surface area contributed by atoms with Crippen LogP contribution in [0.5, 0.6) is 0 Å². The Kier molecular flexibility index (Phi) is 2.54. The SMILES string of the molecule is O=S(=O)(CBr)N1Cc2cncnc2C1. The summed E-state index contributed by atoms with van der Waals surface area (Å²) in [5.41, 5.74) is 1.68. The van der Waals surface area contributed by atoms with Crippen molar-refractivity contribution in [3.05, 3.63) is 23.8 Å². The highest BCUT2D eigenvalue weighted by molar-refractivity contribution is 9.10. The first-order chi connectivity index (χ1) is 6.63. The molecule has 1 aliphatic heterocycles. The van der Waals surface area contributed by atoms with Crippen molar-refractivity contribution in [3.63, 3.8) is 0 Å². The lowest BCUT2D eigenvalue weighted by Gasteiger charge is -2.12. The van der Waals surface area contributed by atoms with E-state index in [1.54, 1.807) is 6.20 Å². The maximum atomic E-state index is 11.5. The van der Waals surface area contributed by atoms with E-state index in [9.17, 15) is 8.42 Å². The van der Waals surface area contributed by atoms with Crippen molar-refractivity contribution in [2.75, 3.05) is 4.66 Å². The fraction of sp³-hybridized carbons (Fsp3) is 0.429. The number of halogens is 1. The van der Waals surface area contributed by atoms with Gasteiger partial charge >= 0.3 is 0 Å². The molecule has 1 aromatic rings. The summed E-state index contributed by atoms with van der Waals surface area (Å²) < 4.78 is 24.3. The van der Waals surface area contributed by atoms with Crippen LogP contribution in [0.2, 0.25) is 0 Å². The molecule has 5 nitrogen and oxygen atoms in total. The topological polar surface area (TPSA) is 63.2 Å². The summed E-state index contributed by atoms with van der Waals surface area (Å²) in [5.74, 6) is 0. The molecule has 76 valence electrons. The third kappa shape index (κ3) is 1.67. The Hall–Kier alpha value is -0.530. The van der Waals surface area contributed by atoms with E-state index in [-0.39, 0.29) is 4.66 Å². The van der Waals surface area contributed by atoms with E-state index in [1.165, 1.54) is 10.6 Å². The van der Waals surface area contributed by atoms with Crippen molar-refractivity contribution in [2.45, 2.75) is 13.1 Å². The van der Waals surface area contributed by atoms with Gasteiger partial charge in [0.25, 0.3) is 0 Å². The molecule has 7 heteroatoms. The lowest BCUT2D eigenvalue weighted by atomic mass is 10.3. The molecule has 0 spiro atoms. The van der Waals surface area contributed by atoms with E-state index >= 15 is 0 Å². The Morgan fingerprint density at radius 3 is 2.93 bits per heavy atom. The maximum Gasteiger partial charge on any atom is 0.224 e. The van der Waals surface area contributed by atoms with E-state index in [2.05, 4.69) is 25.9 Å². The third-order valence-electron chi connectivity index (χ3n) is 2.09. The molecule has 0 fully saturated rings. The number of aromatic nitrogens is 2. The molecular formula is C7H8BrN3O2S. The molecule has 0 aromatic carbocycles. The van der Waals surface area contributed by atoms with Crippen LogP contribution in [-0.2, 0) is 23.1 Å². The first-order valence-corrected chi connectivity index (χ1v) is 6.68. The summed E-state index contributed by atoms with van der Waals surface area (Å²) >= 11 is 2.96. The molecule has 1 aromatic heterocycles. The van der Waals surface area contributed by atoms with Gasteiger partial charge in [0.1, 0.15) is 11.0 Å². The van der Waals surface area contributed by atoms with Gasteiger partial charge in [0, 0.05) is 18.3 Å². The number of nitrogens with zero attached hydrogens (tertiary/aromatic N) is 3. The van der Waals surface area contributed by atoms with Crippen LogP contribution in [0.25, 0.3) is 0 Å². The van der Waals surface area contributed by atoms with Gasteiger partial charge in [0.15, 0.2) is 0 Å². The molecule has 0 amide bonds. The number of alkyl halides is 1. The largest absolute Gasteiger partial charge is 0.244 e. The van der Waals surface area contributed by atoms with Gasteiger partial charge in [-0.2, -0.15) is 4.31 Å². The molecule has 0 N–H and O–H groups in total. The Morgan fingerprint density at radius 1 is 1.50 bits per heavy atom. The summed E-state index contributed by atoms with van der Waals surface area (Å²) in [5, 5.41) is 0. The molecule has 14 heavy (non-hydrogen) atoms. The van der Waals surface area contributed by atoms with Crippen LogP contribution < -0.4 is 0 Å². The van der Waals surface area contributed by atoms with Gasteiger partial charge < -0.3 is 0 Å². The van der Waals surface area contributed by atoms with E-state index < -0.39 is 10.0 Å². The fourth-order valence-electron chi connectivity index (χ4n) is 1.34. The van der Waals surface area contributed by atoms with Crippen LogP contribution in [-0.4, -0.2) is 27.4 Å². The summed E-state index contributed by atoms with van der Waals surface area (Å²) in [6.07, 6.45) is 3.09. The molecule has 0 bridgehead atoms. The van der Waals surface area contributed by atoms with Gasteiger partial charge in [-0.3, -0.25) is 0 Å². The molecular weight excluding hydrogens is 270 g/mol. The van der Waals surface area contributed by atoms with E-state index in [0.29, 0.717) is 13.1 Å². The molecule has 0 aliphatic carbocycles. The van der Waals surface area contributed by atoms with Crippen LogP contribution in [0, 0.1) is 0 Å². The van der Waals surface area contributed by atoms with E-state index in [0.717, 1.165) is 11.3 Å². The van der Waals surface area contributed by atoms with Gasteiger partial charge in [-0.15, -0.1) is 0 Å². The minimum Gasteiger partial charge on any atom is -0.244 e. The molecule has 0 radical (unpaired) electrons. The molecule has 0 atom stereocenters. The normalized spacial score (nSPS) is 16.9. The molecule has 0 unspecified atom stereocenters. The first kappa shape index (κ1) is 10.0. The zero-order valence-corrected chi connectivity index (χ0v) is 9.62. The van der Waals surface area contributed by atoms with Crippen LogP contribution in [0.4, 0.5) is 0 Å². The van der Waals surface area contributed by atoms with Gasteiger partial charge in [-0.25, -0.2) is 18.4 Å². The zero-order chi connectivity index (χ0) is 10.2. The zero-order valence-electron chi connectivity index (χ0n) is 7.22. The second-order valence-corrected chi connectivity index (χ2v) is 6.26. The highest BCUT2D eigenvalue weighted by Gasteiger charge is 2.28. The maximum absolute atomic E-state index is 11.5. The van der Waals surface area contributed by atoms with Gasteiger partial charge in [-0.1, -0.05) is 15.9 Å². The number of hydrogen-bond acceptors (Lipinski definition) is 4. The lowest BCUT2D eigenvalue weighted by Crippen LogP contribution is -2.26. The Morgan fingerprint density at radius 2 is 2.29 bits per heavy atom. The molecule has 0 saturated carbocycles. The van der Waals surface area contributed by atoms with Crippen molar-refractivity contribution < 1.29 is 8.42 Å². The molecule has 1 aliphatic rings. The minimum atomic E-state index is -3.18. The summed E-state index contributed by atoms with van der Waals surface area (Å²) in [7, 11) is -3.18. The number of hydrogen-bond donors (Lipinski definition) is 0.